The molecule has 2 aromatic rings. The van der Waals surface area contributed by atoms with Gasteiger partial charge < -0.3 is 10.3 Å². The molecule has 0 atom stereocenters. The summed E-state index contributed by atoms with van der Waals surface area (Å²) in [7, 11) is 2.13. The smallest absolute Gasteiger partial charge is 0.0563 e. The van der Waals surface area contributed by atoms with E-state index >= 15 is 0 Å². The van der Waals surface area contributed by atoms with Crippen LogP contribution in [0.5, 0.6) is 0 Å². The van der Waals surface area contributed by atoms with Gasteiger partial charge in [0, 0.05) is 18.3 Å². The van der Waals surface area contributed by atoms with Crippen LogP contribution in [0.2, 0.25) is 0 Å². The Morgan fingerprint density at radius 1 is 1.19 bits per heavy atom. The average molecular weight is 214 g/mol. The van der Waals surface area contributed by atoms with Gasteiger partial charge in [0.15, 0.2) is 0 Å². The van der Waals surface area contributed by atoms with Crippen molar-refractivity contribution in [2.45, 2.75) is 31.2 Å². The monoisotopic (exact) mass is 214 g/mol. The molecular formula is C14H18N2. The summed E-state index contributed by atoms with van der Waals surface area (Å²) >= 11 is 0. The zero-order chi connectivity index (χ0) is 11.2. The van der Waals surface area contributed by atoms with Crippen molar-refractivity contribution in [2.24, 2.45) is 12.8 Å². The predicted octanol–water partition coefficient (Wildman–Crippen LogP) is 2.91. The second-order valence-electron chi connectivity index (χ2n) is 5.01. The van der Waals surface area contributed by atoms with Crippen LogP contribution < -0.4 is 5.73 Å². The molecule has 0 radical (unpaired) electrons. The van der Waals surface area contributed by atoms with E-state index in [1.54, 1.807) is 0 Å². The molecule has 84 valence electrons. The van der Waals surface area contributed by atoms with E-state index in [9.17, 15) is 0 Å². The highest BCUT2D eigenvalue weighted by atomic mass is 15.0. The molecule has 0 amide bonds. The van der Waals surface area contributed by atoms with Crippen molar-refractivity contribution < 1.29 is 0 Å². The highest BCUT2D eigenvalue weighted by Gasteiger charge is 2.33. The molecule has 1 aromatic carbocycles. The molecule has 0 aliphatic heterocycles. The van der Waals surface area contributed by atoms with Gasteiger partial charge in [0.2, 0.25) is 0 Å². The van der Waals surface area contributed by atoms with Crippen molar-refractivity contribution in [1.82, 2.24) is 4.57 Å². The summed E-state index contributed by atoms with van der Waals surface area (Å²) in [6, 6.07) is 10.8. The molecule has 2 N–H and O–H groups in total. The molecule has 2 nitrogen and oxygen atoms in total. The number of fused-ring (bicyclic) bond motifs is 1. The Balaban J connectivity index is 2.20. The molecule has 3 rings (SSSR count). The van der Waals surface area contributed by atoms with Crippen LogP contribution in [-0.2, 0) is 12.6 Å². The lowest BCUT2D eigenvalue weighted by Crippen LogP contribution is -2.35. The Bertz CT molecular complexity index is 519. The molecule has 0 saturated heterocycles. The van der Waals surface area contributed by atoms with Gasteiger partial charge in [0.25, 0.3) is 0 Å². The van der Waals surface area contributed by atoms with E-state index in [-0.39, 0.29) is 5.54 Å². The normalized spacial score (nSPS) is 19.4. The Kier molecular flexibility index (Phi) is 2.08. The summed E-state index contributed by atoms with van der Waals surface area (Å²) in [5.41, 5.74) is 9.02. The lowest BCUT2D eigenvalue weighted by molar-refractivity contribution is 0.435. The lowest BCUT2D eigenvalue weighted by Gasteiger charge is -2.24. The largest absolute Gasteiger partial charge is 0.346 e. The molecule has 1 saturated carbocycles. The second kappa shape index (κ2) is 3.36. The minimum absolute atomic E-state index is 0.0895. The van der Waals surface area contributed by atoms with Gasteiger partial charge in [-0.05, 0) is 30.4 Å². The van der Waals surface area contributed by atoms with Crippen molar-refractivity contribution in [3.63, 3.8) is 0 Å². The van der Waals surface area contributed by atoms with Gasteiger partial charge in [-0.25, -0.2) is 0 Å². The van der Waals surface area contributed by atoms with Crippen molar-refractivity contribution in [1.29, 1.82) is 0 Å². The topological polar surface area (TPSA) is 30.9 Å². The zero-order valence-corrected chi connectivity index (χ0v) is 9.74. The number of rotatable bonds is 1. The number of para-hydroxylation sites is 1. The SMILES string of the molecule is Cn1c(C2(N)CCCC2)cc2ccccc21. The van der Waals surface area contributed by atoms with Gasteiger partial charge in [-0.3, -0.25) is 0 Å². The third-order valence-corrected chi connectivity index (χ3v) is 3.96. The Morgan fingerprint density at radius 2 is 1.88 bits per heavy atom. The van der Waals surface area contributed by atoms with Crippen molar-refractivity contribution in [3.05, 3.63) is 36.0 Å². The fourth-order valence-electron chi connectivity index (χ4n) is 3.03. The van der Waals surface area contributed by atoms with Gasteiger partial charge in [0.05, 0.1) is 5.54 Å². The molecule has 2 heteroatoms. The highest BCUT2D eigenvalue weighted by molar-refractivity contribution is 5.81. The first-order valence-electron chi connectivity index (χ1n) is 6.04. The molecule has 1 aliphatic rings. The lowest BCUT2D eigenvalue weighted by atomic mass is 9.94. The van der Waals surface area contributed by atoms with E-state index in [1.165, 1.54) is 29.4 Å². The summed E-state index contributed by atoms with van der Waals surface area (Å²) < 4.78 is 2.26. The van der Waals surface area contributed by atoms with E-state index < -0.39 is 0 Å². The molecule has 1 heterocycles. The Labute approximate surface area is 96.1 Å². The first kappa shape index (κ1) is 9.91. The fourth-order valence-corrected chi connectivity index (χ4v) is 3.03. The minimum Gasteiger partial charge on any atom is -0.346 e. The summed E-state index contributed by atoms with van der Waals surface area (Å²) in [4.78, 5) is 0. The molecule has 0 bridgehead atoms. The van der Waals surface area contributed by atoms with Crippen LogP contribution in [0.15, 0.2) is 30.3 Å². The van der Waals surface area contributed by atoms with E-state index in [0.717, 1.165) is 12.8 Å². The van der Waals surface area contributed by atoms with Crippen LogP contribution in [0.3, 0.4) is 0 Å². The summed E-state index contributed by atoms with van der Waals surface area (Å²) in [6.07, 6.45) is 4.77. The van der Waals surface area contributed by atoms with Crippen molar-refractivity contribution >= 4 is 10.9 Å². The first-order valence-corrected chi connectivity index (χ1v) is 6.04. The number of hydrogen-bond acceptors (Lipinski definition) is 1. The predicted molar refractivity (Wildman–Crippen MR) is 67.3 cm³/mol. The van der Waals surface area contributed by atoms with E-state index in [0.29, 0.717) is 0 Å². The first-order chi connectivity index (χ1) is 7.71. The third kappa shape index (κ3) is 1.30. The Morgan fingerprint density at radius 3 is 2.56 bits per heavy atom. The number of hydrogen-bond donors (Lipinski definition) is 1. The van der Waals surface area contributed by atoms with Crippen LogP contribution in [0.1, 0.15) is 31.4 Å². The zero-order valence-electron chi connectivity index (χ0n) is 9.74. The molecule has 16 heavy (non-hydrogen) atoms. The average Bonchev–Trinajstić information content (AvgIpc) is 2.86. The van der Waals surface area contributed by atoms with E-state index in [1.807, 2.05) is 0 Å². The number of aryl methyl sites for hydroxylation is 1. The van der Waals surface area contributed by atoms with E-state index in [4.69, 9.17) is 5.73 Å². The molecule has 1 aromatic heterocycles. The minimum atomic E-state index is -0.0895. The van der Waals surface area contributed by atoms with E-state index in [2.05, 4.69) is 41.9 Å². The molecule has 0 spiro atoms. The molecule has 1 aliphatic carbocycles. The van der Waals surface area contributed by atoms with Crippen LogP contribution >= 0.6 is 0 Å². The number of nitrogens with zero attached hydrogens (tertiary/aromatic N) is 1. The van der Waals surface area contributed by atoms with Crippen LogP contribution in [0, 0.1) is 0 Å². The van der Waals surface area contributed by atoms with Gasteiger partial charge >= 0.3 is 0 Å². The fraction of sp³-hybridized carbons (Fsp3) is 0.429. The van der Waals surface area contributed by atoms with Gasteiger partial charge in [-0.2, -0.15) is 0 Å². The van der Waals surface area contributed by atoms with Crippen molar-refractivity contribution in [2.75, 3.05) is 0 Å². The standard InChI is InChI=1S/C14H18N2/c1-16-12-7-3-2-6-11(12)10-13(16)14(15)8-4-5-9-14/h2-3,6-7,10H,4-5,8-9,15H2,1H3. The third-order valence-electron chi connectivity index (χ3n) is 3.96. The number of benzene rings is 1. The maximum atomic E-state index is 6.52. The van der Waals surface area contributed by atoms with Crippen LogP contribution in [-0.4, -0.2) is 4.57 Å². The Hall–Kier alpha value is -1.28. The summed E-state index contributed by atoms with van der Waals surface area (Å²) in [5, 5.41) is 1.30. The van der Waals surface area contributed by atoms with Crippen LogP contribution in [0.4, 0.5) is 0 Å². The van der Waals surface area contributed by atoms with Crippen LogP contribution in [0.25, 0.3) is 10.9 Å². The quantitative estimate of drug-likeness (QED) is 0.777. The number of aromatic nitrogens is 1. The number of nitrogens with two attached hydrogens (primary N) is 1. The maximum Gasteiger partial charge on any atom is 0.0563 e. The summed E-state index contributed by atoms with van der Waals surface area (Å²) in [6.45, 7) is 0. The van der Waals surface area contributed by atoms with Gasteiger partial charge in [-0.1, -0.05) is 31.0 Å². The van der Waals surface area contributed by atoms with Crippen molar-refractivity contribution in [3.8, 4) is 0 Å². The molecule has 1 fully saturated rings. The molecule has 0 unspecified atom stereocenters. The highest BCUT2D eigenvalue weighted by Crippen LogP contribution is 2.38. The second-order valence-corrected chi connectivity index (χ2v) is 5.01. The van der Waals surface area contributed by atoms with Gasteiger partial charge in [-0.15, -0.1) is 0 Å². The maximum absolute atomic E-state index is 6.52. The summed E-state index contributed by atoms with van der Waals surface area (Å²) in [5.74, 6) is 0. The molecular weight excluding hydrogens is 196 g/mol. The van der Waals surface area contributed by atoms with Gasteiger partial charge in [0.1, 0.15) is 0 Å².